The highest BCUT2D eigenvalue weighted by atomic mass is 79.9. The minimum Gasteiger partial charge on any atom is -0.455 e. The number of non-ortho nitro benzene ring substituents is 1. The second-order valence-corrected chi connectivity index (χ2v) is 4.75. The van der Waals surface area contributed by atoms with Gasteiger partial charge >= 0.3 is 0 Å². The fraction of sp³-hybridized carbons (Fsp3) is 0.154. The van der Waals surface area contributed by atoms with Crippen molar-refractivity contribution in [1.82, 2.24) is 5.43 Å². The first kappa shape index (κ1) is 14.3. The highest BCUT2D eigenvalue weighted by Gasteiger charge is 2.12. The predicted molar refractivity (Wildman–Crippen MR) is 79.8 cm³/mol. The molecule has 1 aromatic carbocycles. The highest BCUT2D eigenvalue weighted by Crippen LogP contribution is 2.32. The molecule has 0 fully saturated rings. The molecule has 20 heavy (non-hydrogen) atoms. The SMILES string of the molecule is CCNN=Cc1ccc(-c2ccc([N+](=O)[O-])cc2Br)o1. The van der Waals surface area contributed by atoms with Crippen molar-refractivity contribution in [2.24, 2.45) is 5.10 Å². The maximum atomic E-state index is 10.7. The lowest BCUT2D eigenvalue weighted by Crippen LogP contribution is -2.02. The van der Waals surface area contributed by atoms with E-state index in [4.69, 9.17) is 4.42 Å². The molecule has 0 aliphatic heterocycles. The zero-order chi connectivity index (χ0) is 14.5. The molecule has 0 saturated heterocycles. The zero-order valence-electron chi connectivity index (χ0n) is 10.7. The van der Waals surface area contributed by atoms with E-state index in [1.54, 1.807) is 24.4 Å². The predicted octanol–water partition coefficient (Wildman–Crippen LogP) is 3.56. The quantitative estimate of drug-likeness (QED) is 0.513. The summed E-state index contributed by atoms with van der Waals surface area (Å²) >= 11 is 3.31. The number of hydrazone groups is 1. The van der Waals surface area contributed by atoms with E-state index in [0.29, 0.717) is 16.0 Å². The van der Waals surface area contributed by atoms with Gasteiger partial charge in [-0.25, -0.2) is 0 Å². The topological polar surface area (TPSA) is 80.7 Å². The van der Waals surface area contributed by atoms with Crippen molar-refractivity contribution in [3.63, 3.8) is 0 Å². The second-order valence-electron chi connectivity index (χ2n) is 3.89. The van der Waals surface area contributed by atoms with Crippen LogP contribution in [0.5, 0.6) is 0 Å². The molecule has 2 aromatic rings. The summed E-state index contributed by atoms with van der Waals surface area (Å²) in [7, 11) is 0. The molecule has 0 radical (unpaired) electrons. The Labute approximate surface area is 123 Å². The number of nitrogens with zero attached hydrogens (tertiary/aromatic N) is 2. The van der Waals surface area contributed by atoms with E-state index in [-0.39, 0.29) is 5.69 Å². The summed E-state index contributed by atoms with van der Waals surface area (Å²) in [4.78, 5) is 10.2. The van der Waals surface area contributed by atoms with Gasteiger partial charge in [0.15, 0.2) is 0 Å². The number of benzene rings is 1. The maximum Gasteiger partial charge on any atom is 0.270 e. The third-order valence-electron chi connectivity index (χ3n) is 2.50. The molecule has 1 aromatic heterocycles. The molecule has 0 aliphatic carbocycles. The molecule has 104 valence electrons. The summed E-state index contributed by atoms with van der Waals surface area (Å²) in [5, 5.41) is 14.6. The Bertz CT molecular complexity index is 652. The van der Waals surface area contributed by atoms with Crippen LogP contribution in [0.2, 0.25) is 0 Å². The van der Waals surface area contributed by atoms with Gasteiger partial charge in [0.05, 0.1) is 11.1 Å². The number of hydrogen-bond acceptors (Lipinski definition) is 5. The first-order valence-corrected chi connectivity index (χ1v) is 6.71. The Kier molecular flexibility index (Phi) is 4.52. The standard InChI is InChI=1S/C13H12BrN3O3/c1-2-15-16-8-10-4-6-13(20-10)11-5-3-9(17(18)19)7-12(11)14/h3-8,15H,2H2,1H3. The summed E-state index contributed by atoms with van der Waals surface area (Å²) in [5.41, 5.74) is 3.58. The molecule has 0 amide bonds. The largest absolute Gasteiger partial charge is 0.455 e. The van der Waals surface area contributed by atoms with Crippen molar-refractivity contribution in [2.45, 2.75) is 6.92 Å². The molecular weight excluding hydrogens is 326 g/mol. The van der Waals surface area contributed by atoms with E-state index >= 15 is 0 Å². The Morgan fingerprint density at radius 3 is 2.90 bits per heavy atom. The lowest BCUT2D eigenvalue weighted by atomic mass is 10.1. The number of nitrogens with one attached hydrogen (secondary N) is 1. The van der Waals surface area contributed by atoms with Crippen molar-refractivity contribution in [3.8, 4) is 11.3 Å². The van der Waals surface area contributed by atoms with Crippen LogP contribution in [0.1, 0.15) is 12.7 Å². The van der Waals surface area contributed by atoms with E-state index in [1.165, 1.54) is 12.1 Å². The minimum atomic E-state index is -0.439. The summed E-state index contributed by atoms with van der Waals surface area (Å²) in [6.07, 6.45) is 1.58. The van der Waals surface area contributed by atoms with Crippen molar-refractivity contribution in [2.75, 3.05) is 6.54 Å². The third kappa shape index (κ3) is 3.24. The Balaban J connectivity index is 2.26. The number of hydrogen-bond donors (Lipinski definition) is 1. The number of halogens is 1. The van der Waals surface area contributed by atoms with Gasteiger partial charge in [-0.15, -0.1) is 0 Å². The van der Waals surface area contributed by atoms with E-state index in [9.17, 15) is 10.1 Å². The molecule has 0 aliphatic rings. The lowest BCUT2D eigenvalue weighted by molar-refractivity contribution is -0.384. The average Bonchev–Trinajstić information content (AvgIpc) is 2.87. The average molecular weight is 338 g/mol. The van der Waals surface area contributed by atoms with Crippen LogP contribution in [-0.4, -0.2) is 17.7 Å². The molecule has 1 heterocycles. The first-order valence-electron chi connectivity index (χ1n) is 5.92. The van der Waals surface area contributed by atoms with Crippen molar-refractivity contribution in [1.29, 1.82) is 0 Å². The Morgan fingerprint density at radius 1 is 1.45 bits per heavy atom. The van der Waals surface area contributed by atoms with Gasteiger partial charge in [-0.3, -0.25) is 10.1 Å². The van der Waals surface area contributed by atoms with Gasteiger partial charge in [0.2, 0.25) is 0 Å². The van der Waals surface area contributed by atoms with E-state index in [0.717, 1.165) is 12.1 Å². The molecule has 1 N–H and O–H groups in total. The van der Waals surface area contributed by atoms with Crippen LogP contribution < -0.4 is 5.43 Å². The van der Waals surface area contributed by atoms with Crippen molar-refractivity contribution < 1.29 is 9.34 Å². The van der Waals surface area contributed by atoms with Gasteiger partial charge in [-0.2, -0.15) is 5.10 Å². The van der Waals surface area contributed by atoms with Gasteiger partial charge in [-0.05, 0) is 41.1 Å². The van der Waals surface area contributed by atoms with E-state index < -0.39 is 4.92 Å². The molecule has 0 atom stereocenters. The van der Waals surface area contributed by atoms with Crippen LogP contribution in [0.3, 0.4) is 0 Å². The molecule has 2 rings (SSSR count). The lowest BCUT2D eigenvalue weighted by Gasteiger charge is -2.00. The van der Waals surface area contributed by atoms with Gasteiger partial charge < -0.3 is 9.84 Å². The van der Waals surface area contributed by atoms with E-state index in [2.05, 4.69) is 26.5 Å². The smallest absolute Gasteiger partial charge is 0.270 e. The molecule has 0 unspecified atom stereocenters. The van der Waals surface area contributed by atoms with Gasteiger partial charge in [0.25, 0.3) is 5.69 Å². The first-order chi connectivity index (χ1) is 9.61. The Morgan fingerprint density at radius 2 is 2.25 bits per heavy atom. The summed E-state index contributed by atoms with van der Waals surface area (Å²) in [6, 6.07) is 8.11. The second kappa shape index (κ2) is 6.33. The number of nitro benzene ring substituents is 1. The highest BCUT2D eigenvalue weighted by molar-refractivity contribution is 9.10. The van der Waals surface area contributed by atoms with Crippen LogP contribution >= 0.6 is 15.9 Å². The number of rotatable bonds is 5. The molecule has 7 heteroatoms. The van der Waals surface area contributed by atoms with Crippen LogP contribution in [0.4, 0.5) is 5.69 Å². The van der Waals surface area contributed by atoms with Gasteiger partial charge in [0.1, 0.15) is 11.5 Å². The molecule has 0 saturated carbocycles. The molecule has 0 bridgehead atoms. The van der Waals surface area contributed by atoms with Crippen LogP contribution in [0.15, 0.2) is 44.3 Å². The summed E-state index contributed by atoms with van der Waals surface area (Å²) in [5.74, 6) is 1.22. The van der Waals surface area contributed by atoms with Crippen molar-refractivity contribution >= 4 is 27.8 Å². The van der Waals surface area contributed by atoms with Crippen molar-refractivity contribution in [3.05, 3.63) is 50.7 Å². The number of furan rings is 1. The fourth-order valence-electron chi connectivity index (χ4n) is 1.58. The molecule has 6 nitrogen and oxygen atoms in total. The molecular formula is C13H12BrN3O3. The third-order valence-corrected chi connectivity index (χ3v) is 3.15. The summed E-state index contributed by atoms with van der Waals surface area (Å²) in [6.45, 7) is 2.68. The maximum absolute atomic E-state index is 10.7. The van der Waals surface area contributed by atoms with Crippen LogP contribution in [0, 0.1) is 10.1 Å². The van der Waals surface area contributed by atoms with E-state index in [1.807, 2.05) is 6.92 Å². The minimum absolute atomic E-state index is 0.0288. The van der Waals surface area contributed by atoms with Crippen LogP contribution in [-0.2, 0) is 0 Å². The Hall–Kier alpha value is -2.15. The van der Waals surface area contributed by atoms with Gasteiger partial charge in [-0.1, -0.05) is 0 Å². The normalized spacial score (nSPS) is 10.9. The summed E-state index contributed by atoms with van der Waals surface area (Å²) < 4.78 is 6.22. The fourth-order valence-corrected chi connectivity index (χ4v) is 2.15. The zero-order valence-corrected chi connectivity index (χ0v) is 12.3. The van der Waals surface area contributed by atoms with Crippen LogP contribution in [0.25, 0.3) is 11.3 Å². The number of nitro groups is 1. The monoisotopic (exact) mass is 337 g/mol. The van der Waals surface area contributed by atoms with Gasteiger partial charge in [0, 0.05) is 28.7 Å². The molecule has 0 spiro atoms.